The maximum atomic E-state index is 13.5. The number of aromatic nitrogens is 2. The SMILES string of the molecule is CC(CS(C)=O)n1c(N)nc2c(F)cc(F)cc21. The van der Waals surface area contributed by atoms with Gasteiger partial charge in [-0.25, -0.2) is 13.8 Å². The molecule has 0 radical (unpaired) electrons. The summed E-state index contributed by atoms with van der Waals surface area (Å²) in [5.74, 6) is -1.01. The second kappa shape index (κ2) is 4.64. The van der Waals surface area contributed by atoms with Crippen LogP contribution in [0, 0.1) is 11.6 Å². The van der Waals surface area contributed by atoms with Crippen LogP contribution in [0.4, 0.5) is 14.7 Å². The third-order valence-electron chi connectivity index (χ3n) is 2.66. The Morgan fingerprint density at radius 1 is 1.50 bits per heavy atom. The zero-order valence-electron chi connectivity index (χ0n) is 9.98. The van der Waals surface area contributed by atoms with Crippen LogP contribution in [-0.2, 0) is 10.8 Å². The van der Waals surface area contributed by atoms with Gasteiger partial charge in [0.25, 0.3) is 0 Å². The number of halogens is 2. The molecular formula is C11H13F2N3OS. The Labute approximate surface area is 105 Å². The standard InChI is InChI=1S/C11H13F2N3OS/c1-6(5-18(2)17)16-9-4-7(12)3-8(13)10(9)15-11(16)14/h3-4,6H,5H2,1-2H3,(H2,14,15). The van der Waals surface area contributed by atoms with E-state index in [1.807, 2.05) is 0 Å². The fourth-order valence-corrected chi connectivity index (χ4v) is 2.84. The fourth-order valence-electron chi connectivity index (χ4n) is 2.02. The first kappa shape index (κ1) is 12.9. The summed E-state index contributed by atoms with van der Waals surface area (Å²) in [4.78, 5) is 3.88. The fraction of sp³-hybridized carbons (Fsp3) is 0.364. The first-order chi connectivity index (χ1) is 8.40. The molecule has 2 unspecified atom stereocenters. The van der Waals surface area contributed by atoms with E-state index in [4.69, 9.17) is 5.73 Å². The van der Waals surface area contributed by atoms with Crippen molar-refractivity contribution in [2.24, 2.45) is 0 Å². The lowest BCUT2D eigenvalue weighted by molar-refractivity contribution is 0.587. The molecule has 0 spiro atoms. The van der Waals surface area contributed by atoms with Gasteiger partial charge in [0.1, 0.15) is 11.3 Å². The summed E-state index contributed by atoms with van der Waals surface area (Å²) in [7, 11) is -1.03. The average molecular weight is 273 g/mol. The number of nitrogens with two attached hydrogens (primary N) is 1. The van der Waals surface area contributed by atoms with Gasteiger partial charge in [0, 0.05) is 41.0 Å². The number of hydrogen-bond donors (Lipinski definition) is 1. The van der Waals surface area contributed by atoms with Crippen molar-refractivity contribution in [3.05, 3.63) is 23.8 Å². The van der Waals surface area contributed by atoms with Gasteiger partial charge in [0.15, 0.2) is 5.82 Å². The molecule has 2 rings (SSSR count). The van der Waals surface area contributed by atoms with Crippen LogP contribution in [0.3, 0.4) is 0 Å². The summed E-state index contributed by atoms with van der Waals surface area (Å²) in [6.45, 7) is 1.78. The Balaban J connectivity index is 2.63. The largest absolute Gasteiger partial charge is 0.369 e. The molecule has 7 heteroatoms. The molecule has 98 valence electrons. The van der Waals surface area contributed by atoms with E-state index in [0.717, 1.165) is 6.07 Å². The predicted molar refractivity (Wildman–Crippen MR) is 67.7 cm³/mol. The highest BCUT2D eigenvalue weighted by molar-refractivity contribution is 7.84. The highest BCUT2D eigenvalue weighted by atomic mass is 32.2. The quantitative estimate of drug-likeness (QED) is 0.928. The molecule has 1 aromatic carbocycles. The minimum atomic E-state index is -1.03. The number of nitrogen functional groups attached to an aromatic ring is 1. The maximum absolute atomic E-state index is 13.5. The molecule has 2 atom stereocenters. The zero-order chi connectivity index (χ0) is 13.4. The number of fused-ring (bicyclic) bond motifs is 1. The van der Waals surface area contributed by atoms with Crippen LogP contribution in [0.2, 0.25) is 0 Å². The van der Waals surface area contributed by atoms with E-state index in [-0.39, 0.29) is 23.0 Å². The lowest BCUT2D eigenvalue weighted by atomic mass is 10.2. The minimum Gasteiger partial charge on any atom is -0.369 e. The Morgan fingerprint density at radius 2 is 2.17 bits per heavy atom. The summed E-state index contributed by atoms with van der Waals surface area (Å²) >= 11 is 0. The van der Waals surface area contributed by atoms with Gasteiger partial charge in [-0.1, -0.05) is 0 Å². The molecule has 2 N–H and O–H groups in total. The average Bonchev–Trinajstić information content (AvgIpc) is 2.53. The van der Waals surface area contributed by atoms with Crippen molar-refractivity contribution in [1.82, 2.24) is 9.55 Å². The topological polar surface area (TPSA) is 60.9 Å². The molecule has 4 nitrogen and oxygen atoms in total. The third-order valence-corrected chi connectivity index (χ3v) is 3.61. The van der Waals surface area contributed by atoms with Crippen LogP contribution >= 0.6 is 0 Å². The third kappa shape index (κ3) is 2.22. The number of nitrogens with zero attached hydrogens (tertiary/aromatic N) is 2. The molecule has 0 aliphatic rings. The van der Waals surface area contributed by atoms with Crippen LogP contribution in [-0.4, -0.2) is 25.8 Å². The molecule has 18 heavy (non-hydrogen) atoms. The zero-order valence-corrected chi connectivity index (χ0v) is 10.8. The van der Waals surface area contributed by atoms with Gasteiger partial charge in [-0.3, -0.25) is 4.21 Å². The molecule has 1 aromatic heterocycles. The highest BCUT2D eigenvalue weighted by Crippen LogP contribution is 2.26. The van der Waals surface area contributed by atoms with Crippen molar-refractivity contribution in [2.45, 2.75) is 13.0 Å². The van der Waals surface area contributed by atoms with Gasteiger partial charge in [0.05, 0.1) is 5.52 Å². The van der Waals surface area contributed by atoms with Crippen LogP contribution < -0.4 is 5.73 Å². The summed E-state index contributed by atoms with van der Waals surface area (Å²) < 4.78 is 39.5. The van der Waals surface area contributed by atoms with E-state index in [9.17, 15) is 13.0 Å². The molecule has 0 amide bonds. The normalized spacial score (nSPS) is 14.9. The molecule has 0 fully saturated rings. The maximum Gasteiger partial charge on any atom is 0.201 e. The molecule has 2 aromatic rings. The minimum absolute atomic E-state index is 0.0302. The molecule has 0 aliphatic carbocycles. The summed E-state index contributed by atoms with van der Waals surface area (Å²) in [5.41, 5.74) is 6.02. The molecular weight excluding hydrogens is 260 g/mol. The molecule has 1 heterocycles. The Morgan fingerprint density at radius 3 is 2.78 bits per heavy atom. The summed E-state index contributed by atoms with van der Waals surface area (Å²) in [6, 6.07) is 1.69. The molecule has 0 bridgehead atoms. The van der Waals surface area contributed by atoms with Crippen molar-refractivity contribution in [3.8, 4) is 0 Å². The van der Waals surface area contributed by atoms with E-state index >= 15 is 0 Å². The Bertz CT molecular complexity index is 626. The number of rotatable bonds is 3. The van der Waals surface area contributed by atoms with Crippen LogP contribution in [0.15, 0.2) is 12.1 Å². The van der Waals surface area contributed by atoms with E-state index in [0.29, 0.717) is 5.75 Å². The second-order valence-electron chi connectivity index (χ2n) is 4.18. The van der Waals surface area contributed by atoms with E-state index in [1.54, 1.807) is 13.2 Å². The van der Waals surface area contributed by atoms with Crippen molar-refractivity contribution in [1.29, 1.82) is 0 Å². The number of anilines is 1. The number of imidazole rings is 1. The smallest absolute Gasteiger partial charge is 0.201 e. The van der Waals surface area contributed by atoms with Gasteiger partial charge < -0.3 is 10.3 Å². The summed E-state index contributed by atoms with van der Waals surface area (Å²) in [5, 5.41) is 0. The van der Waals surface area contributed by atoms with Gasteiger partial charge in [-0.05, 0) is 6.92 Å². The Kier molecular flexibility index (Phi) is 3.34. The van der Waals surface area contributed by atoms with Gasteiger partial charge in [-0.15, -0.1) is 0 Å². The van der Waals surface area contributed by atoms with Crippen LogP contribution in [0.5, 0.6) is 0 Å². The van der Waals surface area contributed by atoms with Crippen molar-refractivity contribution in [2.75, 3.05) is 17.7 Å². The van der Waals surface area contributed by atoms with Crippen LogP contribution in [0.1, 0.15) is 13.0 Å². The van der Waals surface area contributed by atoms with E-state index in [2.05, 4.69) is 4.98 Å². The molecule has 0 saturated heterocycles. The van der Waals surface area contributed by atoms with Crippen molar-refractivity contribution < 1.29 is 13.0 Å². The molecule has 0 saturated carbocycles. The Hall–Kier alpha value is -1.50. The lowest BCUT2D eigenvalue weighted by Crippen LogP contribution is -2.15. The first-order valence-corrected chi connectivity index (χ1v) is 7.05. The van der Waals surface area contributed by atoms with Crippen molar-refractivity contribution >= 4 is 27.8 Å². The van der Waals surface area contributed by atoms with E-state index in [1.165, 1.54) is 10.6 Å². The first-order valence-electron chi connectivity index (χ1n) is 5.32. The lowest BCUT2D eigenvalue weighted by Gasteiger charge is -2.14. The van der Waals surface area contributed by atoms with Gasteiger partial charge >= 0.3 is 0 Å². The monoisotopic (exact) mass is 273 g/mol. The van der Waals surface area contributed by atoms with Gasteiger partial charge in [-0.2, -0.15) is 0 Å². The number of hydrogen-bond acceptors (Lipinski definition) is 3. The highest BCUT2D eigenvalue weighted by Gasteiger charge is 2.18. The second-order valence-corrected chi connectivity index (χ2v) is 5.66. The predicted octanol–water partition coefficient (Wildman–Crippen LogP) is 1.84. The van der Waals surface area contributed by atoms with Crippen molar-refractivity contribution in [3.63, 3.8) is 0 Å². The van der Waals surface area contributed by atoms with Gasteiger partial charge in [0.2, 0.25) is 5.95 Å². The van der Waals surface area contributed by atoms with E-state index < -0.39 is 22.4 Å². The van der Waals surface area contributed by atoms with Crippen LogP contribution in [0.25, 0.3) is 11.0 Å². The molecule has 0 aliphatic heterocycles. The summed E-state index contributed by atoms with van der Waals surface area (Å²) in [6.07, 6.45) is 1.56. The number of benzene rings is 1.